The van der Waals surface area contributed by atoms with Crippen LogP contribution in [0, 0.1) is 12.7 Å². The molecule has 0 saturated carbocycles. The molecule has 0 fully saturated rings. The number of pyridine rings is 1. The van der Waals surface area contributed by atoms with Gasteiger partial charge in [0.25, 0.3) is 0 Å². The van der Waals surface area contributed by atoms with E-state index in [0.29, 0.717) is 0 Å². The summed E-state index contributed by atoms with van der Waals surface area (Å²) in [5, 5.41) is 0. The van der Waals surface area contributed by atoms with Crippen LogP contribution in [0.1, 0.15) is 11.1 Å². The van der Waals surface area contributed by atoms with Gasteiger partial charge in [-0.2, -0.15) is 0 Å². The maximum Gasteiger partial charge on any atom is 0.123 e. The Hall–Kier alpha value is -1.96. The zero-order chi connectivity index (χ0) is 11.5. The summed E-state index contributed by atoms with van der Waals surface area (Å²) in [7, 11) is 0. The van der Waals surface area contributed by atoms with Crippen LogP contribution in [-0.2, 0) is 0 Å². The van der Waals surface area contributed by atoms with Gasteiger partial charge in [-0.1, -0.05) is 24.8 Å². The average Bonchev–Trinajstić information content (AvgIpc) is 2.32. The smallest absolute Gasteiger partial charge is 0.123 e. The molecular weight excluding hydrogens is 201 g/mol. The van der Waals surface area contributed by atoms with Crippen LogP contribution in [0.4, 0.5) is 4.39 Å². The Morgan fingerprint density at radius 2 is 2.06 bits per heavy atom. The second-order valence-corrected chi connectivity index (χ2v) is 3.64. The van der Waals surface area contributed by atoms with Gasteiger partial charge in [-0.25, -0.2) is 4.39 Å². The summed E-state index contributed by atoms with van der Waals surface area (Å²) < 4.78 is 13.1. The summed E-state index contributed by atoms with van der Waals surface area (Å²) in [5.41, 5.74) is 3.58. The van der Waals surface area contributed by atoms with Crippen molar-refractivity contribution in [2.45, 2.75) is 6.92 Å². The van der Waals surface area contributed by atoms with Crippen LogP contribution < -0.4 is 0 Å². The van der Waals surface area contributed by atoms with E-state index in [2.05, 4.69) is 11.6 Å². The highest BCUT2D eigenvalue weighted by atomic mass is 19.1. The lowest BCUT2D eigenvalue weighted by molar-refractivity contribution is 0.628. The van der Waals surface area contributed by atoms with Crippen molar-refractivity contribution < 1.29 is 4.39 Å². The molecule has 0 unspecified atom stereocenters. The Morgan fingerprint density at radius 3 is 2.69 bits per heavy atom. The first kappa shape index (κ1) is 10.6. The van der Waals surface area contributed by atoms with E-state index in [1.807, 2.05) is 19.1 Å². The van der Waals surface area contributed by atoms with Crippen molar-refractivity contribution in [1.82, 2.24) is 4.98 Å². The molecule has 2 heteroatoms. The number of aryl methyl sites for hydroxylation is 1. The van der Waals surface area contributed by atoms with Crippen molar-refractivity contribution in [3.63, 3.8) is 0 Å². The predicted octanol–water partition coefficient (Wildman–Crippen LogP) is 3.84. The van der Waals surface area contributed by atoms with E-state index in [-0.39, 0.29) is 5.82 Å². The van der Waals surface area contributed by atoms with E-state index in [4.69, 9.17) is 0 Å². The lowest BCUT2D eigenvalue weighted by Crippen LogP contribution is -1.88. The molecule has 1 aromatic carbocycles. The van der Waals surface area contributed by atoms with Crippen molar-refractivity contribution >= 4 is 6.08 Å². The number of halogens is 1. The van der Waals surface area contributed by atoms with Crippen molar-refractivity contribution in [3.8, 4) is 11.3 Å². The number of hydrogen-bond donors (Lipinski definition) is 0. The zero-order valence-electron chi connectivity index (χ0n) is 9.07. The molecule has 16 heavy (non-hydrogen) atoms. The van der Waals surface area contributed by atoms with E-state index >= 15 is 0 Å². The van der Waals surface area contributed by atoms with Gasteiger partial charge in [0.15, 0.2) is 0 Å². The van der Waals surface area contributed by atoms with E-state index in [1.165, 1.54) is 12.1 Å². The van der Waals surface area contributed by atoms with Gasteiger partial charge in [-0.3, -0.25) is 4.98 Å². The van der Waals surface area contributed by atoms with Crippen LogP contribution in [0.15, 0.2) is 43.1 Å². The molecule has 0 aliphatic rings. The summed E-state index contributed by atoms with van der Waals surface area (Å²) in [5.74, 6) is -0.241. The van der Waals surface area contributed by atoms with Gasteiger partial charge in [-0.05, 0) is 36.2 Å². The second kappa shape index (κ2) is 4.27. The quantitative estimate of drug-likeness (QED) is 0.738. The molecule has 2 rings (SSSR count). The summed E-state index contributed by atoms with van der Waals surface area (Å²) in [6.45, 7) is 5.61. The van der Waals surface area contributed by atoms with E-state index in [1.54, 1.807) is 18.3 Å². The minimum absolute atomic E-state index is 0.241. The predicted molar refractivity (Wildman–Crippen MR) is 64.5 cm³/mol. The molecule has 80 valence electrons. The molecular formula is C14H12FN. The van der Waals surface area contributed by atoms with Crippen LogP contribution in [0.5, 0.6) is 0 Å². The fourth-order valence-electron chi connectivity index (χ4n) is 1.56. The molecule has 0 saturated heterocycles. The number of rotatable bonds is 2. The maximum atomic E-state index is 13.1. The number of aromatic nitrogens is 1. The third-order valence-electron chi connectivity index (χ3n) is 2.50. The SMILES string of the molecule is C=Cc1ccc(-c2cc(F)ccc2C)nc1. The standard InChI is InChI=1S/C14H12FN/c1-3-11-5-7-14(16-9-11)13-8-12(15)6-4-10(13)2/h3-9H,1H2,2H3. The van der Waals surface area contributed by atoms with Crippen molar-refractivity contribution in [2.24, 2.45) is 0 Å². The topological polar surface area (TPSA) is 12.9 Å². The van der Waals surface area contributed by atoms with E-state index in [0.717, 1.165) is 22.4 Å². The van der Waals surface area contributed by atoms with Gasteiger partial charge in [0.1, 0.15) is 5.82 Å². The van der Waals surface area contributed by atoms with Gasteiger partial charge >= 0.3 is 0 Å². The molecule has 0 atom stereocenters. The Bertz CT molecular complexity index is 515. The lowest BCUT2D eigenvalue weighted by atomic mass is 10.0. The van der Waals surface area contributed by atoms with Crippen molar-refractivity contribution in [3.05, 3.63) is 60.1 Å². The van der Waals surface area contributed by atoms with Gasteiger partial charge < -0.3 is 0 Å². The van der Waals surface area contributed by atoms with Crippen LogP contribution >= 0.6 is 0 Å². The number of nitrogens with zero attached hydrogens (tertiary/aromatic N) is 1. The largest absolute Gasteiger partial charge is 0.256 e. The molecule has 0 aliphatic heterocycles. The van der Waals surface area contributed by atoms with Gasteiger partial charge in [0, 0.05) is 11.8 Å². The highest BCUT2D eigenvalue weighted by molar-refractivity contribution is 5.64. The Morgan fingerprint density at radius 1 is 1.25 bits per heavy atom. The van der Waals surface area contributed by atoms with Crippen LogP contribution in [-0.4, -0.2) is 4.98 Å². The van der Waals surface area contributed by atoms with Gasteiger partial charge in [0.2, 0.25) is 0 Å². The normalized spacial score (nSPS) is 10.1. The Balaban J connectivity index is 2.49. The average molecular weight is 213 g/mol. The zero-order valence-corrected chi connectivity index (χ0v) is 9.07. The fourth-order valence-corrected chi connectivity index (χ4v) is 1.56. The third-order valence-corrected chi connectivity index (χ3v) is 2.50. The van der Waals surface area contributed by atoms with Gasteiger partial charge in [-0.15, -0.1) is 0 Å². The van der Waals surface area contributed by atoms with E-state index in [9.17, 15) is 4.39 Å². The van der Waals surface area contributed by atoms with Crippen LogP contribution in [0.25, 0.3) is 17.3 Å². The minimum atomic E-state index is -0.241. The maximum absolute atomic E-state index is 13.1. The monoisotopic (exact) mass is 213 g/mol. The number of hydrogen-bond acceptors (Lipinski definition) is 1. The van der Waals surface area contributed by atoms with Gasteiger partial charge in [0.05, 0.1) is 5.69 Å². The molecule has 0 bridgehead atoms. The summed E-state index contributed by atoms with van der Waals surface area (Å²) >= 11 is 0. The molecule has 1 aromatic heterocycles. The lowest BCUT2D eigenvalue weighted by Gasteiger charge is -2.05. The van der Waals surface area contributed by atoms with Crippen molar-refractivity contribution in [1.29, 1.82) is 0 Å². The fraction of sp³-hybridized carbons (Fsp3) is 0.0714. The van der Waals surface area contributed by atoms with Crippen molar-refractivity contribution in [2.75, 3.05) is 0 Å². The molecule has 1 nitrogen and oxygen atoms in total. The molecule has 0 amide bonds. The molecule has 0 N–H and O–H groups in total. The molecule has 2 aromatic rings. The third kappa shape index (κ3) is 2.01. The highest BCUT2D eigenvalue weighted by Gasteiger charge is 2.04. The molecule has 0 radical (unpaired) electrons. The number of benzene rings is 1. The first-order valence-corrected chi connectivity index (χ1v) is 5.06. The summed E-state index contributed by atoms with van der Waals surface area (Å²) in [6, 6.07) is 8.51. The molecule has 0 spiro atoms. The summed E-state index contributed by atoms with van der Waals surface area (Å²) in [4.78, 5) is 4.28. The van der Waals surface area contributed by atoms with E-state index < -0.39 is 0 Å². The van der Waals surface area contributed by atoms with Crippen LogP contribution in [0.3, 0.4) is 0 Å². The highest BCUT2D eigenvalue weighted by Crippen LogP contribution is 2.22. The Labute approximate surface area is 94.3 Å². The first-order chi connectivity index (χ1) is 7.70. The minimum Gasteiger partial charge on any atom is -0.256 e. The Kier molecular flexibility index (Phi) is 2.82. The first-order valence-electron chi connectivity index (χ1n) is 5.06. The summed E-state index contributed by atoms with van der Waals surface area (Å²) in [6.07, 6.45) is 3.46. The second-order valence-electron chi connectivity index (χ2n) is 3.64. The molecule has 1 heterocycles. The molecule has 0 aliphatic carbocycles. The van der Waals surface area contributed by atoms with Crippen LogP contribution in [0.2, 0.25) is 0 Å².